The van der Waals surface area contributed by atoms with Crippen molar-refractivity contribution in [3.63, 3.8) is 0 Å². The Morgan fingerprint density at radius 1 is 1.08 bits per heavy atom. The third-order valence-electron chi connectivity index (χ3n) is 3.88. The van der Waals surface area contributed by atoms with Gasteiger partial charge >= 0.3 is 0 Å². The predicted octanol–water partition coefficient (Wildman–Crippen LogP) is 2.91. The fourth-order valence-electron chi connectivity index (χ4n) is 2.55. The Labute approximate surface area is 153 Å². The minimum absolute atomic E-state index is 0.181. The van der Waals surface area contributed by atoms with Gasteiger partial charge in [0.2, 0.25) is 15.9 Å². The number of hydrogen-bond acceptors (Lipinski definition) is 4. The van der Waals surface area contributed by atoms with Gasteiger partial charge in [0.15, 0.2) is 5.78 Å². The number of sulfonamides is 1. The largest absolute Gasteiger partial charge is 0.324 e. The van der Waals surface area contributed by atoms with Gasteiger partial charge in [0.25, 0.3) is 0 Å². The molecule has 0 bridgehead atoms. The monoisotopic (exact) mass is 374 g/mol. The molecule has 0 heterocycles. The van der Waals surface area contributed by atoms with E-state index in [1.54, 1.807) is 24.3 Å². The number of benzene rings is 2. The lowest BCUT2D eigenvalue weighted by molar-refractivity contribution is -0.114. The molecule has 0 atom stereocenters. The van der Waals surface area contributed by atoms with E-state index in [0.717, 1.165) is 21.7 Å². The first kappa shape index (κ1) is 19.7. The van der Waals surface area contributed by atoms with E-state index in [-0.39, 0.29) is 18.0 Å². The highest BCUT2D eigenvalue weighted by molar-refractivity contribution is 7.92. The van der Waals surface area contributed by atoms with Gasteiger partial charge in [0, 0.05) is 11.3 Å². The maximum absolute atomic E-state index is 12.4. The molecular weight excluding hydrogens is 352 g/mol. The molecule has 0 unspecified atom stereocenters. The smallest absolute Gasteiger partial charge is 0.245 e. The maximum Gasteiger partial charge on any atom is 0.245 e. The Hall–Kier alpha value is -2.67. The van der Waals surface area contributed by atoms with Gasteiger partial charge < -0.3 is 5.32 Å². The second-order valence-corrected chi connectivity index (χ2v) is 8.15. The van der Waals surface area contributed by atoms with E-state index in [2.05, 4.69) is 5.32 Å². The van der Waals surface area contributed by atoms with Crippen LogP contribution >= 0.6 is 0 Å². The molecule has 7 heteroatoms. The van der Waals surface area contributed by atoms with E-state index in [1.807, 2.05) is 26.0 Å². The van der Waals surface area contributed by atoms with Crippen molar-refractivity contribution in [2.75, 3.05) is 22.4 Å². The molecule has 2 aromatic carbocycles. The normalized spacial score (nSPS) is 11.1. The third-order valence-corrected chi connectivity index (χ3v) is 5.02. The highest BCUT2D eigenvalue weighted by Crippen LogP contribution is 2.20. The second kappa shape index (κ2) is 7.70. The number of nitrogens with zero attached hydrogens (tertiary/aromatic N) is 1. The van der Waals surface area contributed by atoms with Crippen LogP contribution in [0.4, 0.5) is 11.4 Å². The average molecular weight is 374 g/mol. The molecule has 1 amide bonds. The van der Waals surface area contributed by atoms with Crippen LogP contribution in [0.1, 0.15) is 28.4 Å². The van der Waals surface area contributed by atoms with Crippen LogP contribution in [-0.2, 0) is 14.8 Å². The van der Waals surface area contributed by atoms with Crippen LogP contribution in [0, 0.1) is 13.8 Å². The number of nitrogens with one attached hydrogen (secondary N) is 1. The molecule has 2 rings (SSSR count). The molecule has 138 valence electrons. The van der Waals surface area contributed by atoms with Gasteiger partial charge in [-0.1, -0.05) is 29.8 Å². The molecular formula is C19H22N2O4S. The summed E-state index contributed by atoms with van der Waals surface area (Å²) in [7, 11) is -3.70. The van der Waals surface area contributed by atoms with Gasteiger partial charge in [0.05, 0.1) is 11.9 Å². The number of carbonyl (C=O) groups is 2. The summed E-state index contributed by atoms with van der Waals surface area (Å²) in [5.74, 6) is -0.643. The summed E-state index contributed by atoms with van der Waals surface area (Å²) in [5.41, 5.74) is 3.25. The number of hydrogen-bond donors (Lipinski definition) is 1. The van der Waals surface area contributed by atoms with Gasteiger partial charge in [-0.15, -0.1) is 0 Å². The van der Waals surface area contributed by atoms with Crippen molar-refractivity contribution in [3.8, 4) is 0 Å². The summed E-state index contributed by atoms with van der Waals surface area (Å²) in [6.45, 7) is 4.84. The number of rotatable bonds is 6. The zero-order valence-electron chi connectivity index (χ0n) is 15.2. The Balaban J connectivity index is 2.27. The fourth-order valence-corrected chi connectivity index (χ4v) is 3.40. The van der Waals surface area contributed by atoms with Crippen molar-refractivity contribution in [2.45, 2.75) is 20.8 Å². The van der Waals surface area contributed by atoms with Crippen molar-refractivity contribution in [1.29, 1.82) is 0 Å². The number of amides is 1. The first-order valence-corrected chi connectivity index (χ1v) is 9.88. The zero-order chi connectivity index (χ0) is 19.5. The Kier molecular flexibility index (Phi) is 5.82. The van der Waals surface area contributed by atoms with Crippen LogP contribution in [0.15, 0.2) is 42.5 Å². The Morgan fingerprint density at radius 3 is 2.35 bits per heavy atom. The van der Waals surface area contributed by atoms with E-state index >= 15 is 0 Å². The highest BCUT2D eigenvalue weighted by Gasteiger charge is 2.21. The summed E-state index contributed by atoms with van der Waals surface area (Å²) < 4.78 is 25.3. The van der Waals surface area contributed by atoms with Gasteiger partial charge in [-0.25, -0.2) is 8.42 Å². The van der Waals surface area contributed by atoms with Crippen LogP contribution in [0.5, 0.6) is 0 Å². The minimum Gasteiger partial charge on any atom is -0.324 e. The van der Waals surface area contributed by atoms with E-state index in [1.165, 1.54) is 13.0 Å². The molecule has 2 aromatic rings. The topological polar surface area (TPSA) is 83.6 Å². The Bertz CT molecular complexity index is 952. The summed E-state index contributed by atoms with van der Waals surface area (Å²) in [4.78, 5) is 24.0. The van der Waals surface area contributed by atoms with Gasteiger partial charge in [0.1, 0.15) is 6.54 Å². The van der Waals surface area contributed by atoms with Crippen molar-refractivity contribution < 1.29 is 18.0 Å². The number of anilines is 2. The van der Waals surface area contributed by atoms with Crippen LogP contribution in [0.25, 0.3) is 0 Å². The fraction of sp³-hybridized carbons (Fsp3) is 0.263. The predicted molar refractivity (Wildman–Crippen MR) is 103 cm³/mol. The molecule has 6 nitrogen and oxygen atoms in total. The summed E-state index contributed by atoms with van der Waals surface area (Å²) in [6.07, 6.45) is 1.03. The standard InChI is InChI=1S/C19H22N2O4S/c1-13-8-9-18(14(2)10-13)20-19(23)12-21(26(4,24)25)17-7-5-6-16(11-17)15(3)22/h5-11H,12H2,1-4H3,(H,20,23). The van der Waals surface area contributed by atoms with Crippen LogP contribution in [0.2, 0.25) is 0 Å². The van der Waals surface area contributed by atoms with Crippen molar-refractivity contribution in [1.82, 2.24) is 0 Å². The minimum atomic E-state index is -3.70. The average Bonchev–Trinajstić information content (AvgIpc) is 2.54. The van der Waals surface area contributed by atoms with Gasteiger partial charge in [-0.3, -0.25) is 13.9 Å². The zero-order valence-corrected chi connectivity index (χ0v) is 16.1. The van der Waals surface area contributed by atoms with Crippen molar-refractivity contribution in [3.05, 3.63) is 59.2 Å². The SMILES string of the molecule is CC(=O)c1cccc(N(CC(=O)Nc2ccc(C)cc2C)S(C)(=O)=O)c1. The molecule has 0 aliphatic heterocycles. The molecule has 0 spiro atoms. The number of aryl methyl sites for hydroxylation is 2. The molecule has 0 aromatic heterocycles. The summed E-state index contributed by atoms with van der Waals surface area (Å²) >= 11 is 0. The second-order valence-electron chi connectivity index (χ2n) is 6.24. The first-order valence-electron chi connectivity index (χ1n) is 8.04. The van der Waals surface area contributed by atoms with E-state index in [9.17, 15) is 18.0 Å². The maximum atomic E-state index is 12.4. The lowest BCUT2D eigenvalue weighted by atomic mass is 10.1. The van der Waals surface area contributed by atoms with E-state index in [4.69, 9.17) is 0 Å². The number of ketones is 1. The van der Waals surface area contributed by atoms with Crippen molar-refractivity contribution >= 4 is 33.1 Å². The lowest BCUT2D eigenvalue weighted by Crippen LogP contribution is -2.37. The Morgan fingerprint density at radius 2 is 1.77 bits per heavy atom. The van der Waals surface area contributed by atoms with Gasteiger partial charge in [-0.2, -0.15) is 0 Å². The lowest BCUT2D eigenvalue weighted by Gasteiger charge is -2.22. The molecule has 0 saturated carbocycles. The quantitative estimate of drug-likeness (QED) is 0.788. The van der Waals surface area contributed by atoms with Crippen LogP contribution in [-0.4, -0.2) is 32.9 Å². The molecule has 1 N–H and O–H groups in total. The molecule has 0 aliphatic carbocycles. The van der Waals surface area contributed by atoms with Crippen molar-refractivity contribution in [2.24, 2.45) is 0 Å². The number of Topliss-reactive ketones (excluding diaryl/α,β-unsaturated/α-hetero) is 1. The van der Waals surface area contributed by atoms with Crippen LogP contribution in [0.3, 0.4) is 0 Å². The summed E-state index contributed by atoms with van der Waals surface area (Å²) in [5, 5.41) is 2.74. The molecule has 0 aliphatic rings. The number of carbonyl (C=O) groups excluding carboxylic acids is 2. The van der Waals surface area contributed by atoms with Gasteiger partial charge in [-0.05, 0) is 44.5 Å². The first-order chi connectivity index (χ1) is 12.1. The molecule has 0 fully saturated rings. The van der Waals surface area contributed by atoms with E-state index < -0.39 is 15.9 Å². The van der Waals surface area contributed by atoms with Crippen LogP contribution < -0.4 is 9.62 Å². The highest BCUT2D eigenvalue weighted by atomic mass is 32.2. The third kappa shape index (κ3) is 4.92. The molecule has 26 heavy (non-hydrogen) atoms. The summed E-state index contributed by atoms with van der Waals surface area (Å²) in [6, 6.07) is 11.8. The molecule has 0 saturated heterocycles. The van der Waals surface area contributed by atoms with E-state index in [0.29, 0.717) is 11.3 Å². The molecule has 0 radical (unpaired) electrons.